The van der Waals surface area contributed by atoms with E-state index in [-0.39, 0.29) is 11.8 Å². The summed E-state index contributed by atoms with van der Waals surface area (Å²) >= 11 is 6.21. The van der Waals surface area contributed by atoms with Crippen LogP contribution in [0.3, 0.4) is 0 Å². The Hall–Kier alpha value is -1.55. The van der Waals surface area contributed by atoms with Crippen molar-refractivity contribution in [1.82, 2.24) is 5.32 Å². The molecular weight excluding hydrogens is 324 g/mol. The third-order valence-corrected chi connectivity index (χ3v) is 5.79. The molecule has 0 aromatic heterocycles. The van der Waals surface area contributed by atoms with Crippen molar-refractivity contribution in [2.75, 3.05) is 11.9 Å². The molecule has 2 aliphatic rings. The molecule has 3 rings (SSSR count). The maximum absolute atomic E-state index is 12.9. The first-order valence-corrected chi connectivity index (χ1v) is 9.29. The van der Waals surface area contributed by atoms with Crippen LogP contribution in [0.1, 0.15) is 57.9 Å². The molecule has 2 atom stereocenters. The average Bonchev–Trinajstić information content (AvgIpc) is 3.27. The topological polar surface area (TPSA) is 58.2 Å². The second-order valence-electron chi connectivity index (χ2n) is 7.02. The zero-order chi connectivity index (χ0) is 17.4. The number of halogens is 1. The van der Waals surface area contributed by atoms with Gasteiger partial charge in [-0.2, -0.15) is 0 Å². The predicted octanol–water partition coefficient (Wildman–Crippen LogP) is 4.03. The molecule has 1 fully saturated rings. The van der Waals surface area contributed by atoms with Gasteiger partial charge in [-0.3, -0.25) is 9.59 Å². The Morgan fingerprint density at radius 1 is 1.29 bits per heavy atom. The molecule has 5 heteroatoms. The normalized spacial score (nSPS) is 27.0. The van der Waals surface area contributed by atoms with Gasteiger partial charge in [0.15, 0.2) is 0 Å². The third-order valence-electron chi connectivity index (χ3n) is 5.55. The molecule has 1 aromatic rings. The summed E-state index contributed by atoms with van der Waals surface area (Å²) in [5.74, 6) is -0.294. The number of hydrogen-bond donors (Lipinski definition) is 2. The van der Waals surface area contributed by atoms with Gasteiger partial charge < -0.3 is 10.6 Å². The summed E-state index contributed by atoms with van der Waals surface area (Å²) < 4.78 is 0. The molecule has 1 aliphatic carbocycles. The Labute approximate surface area is 148 Å². The Bertz CT molecular complexity index is 675. The lowest BCUT2D eigenvalue weighted by molar-refractivity contribution is -0.135. The minimum atomic E-state index is -0.965. The Morgan fingerprint density at radius 3 is 2.75 bits per heavy atom. The quantitative estimate of drug-likeness (QED) is 0.577. The van der Waals surface area contributed by atoms with Gasteiger partial charge in [0.1, 0.15) is 5.41 Å². The van der Waals surface area contributed by atoms with Gasteiger partial charge in [-0.05, 0) is 43.0 Å². The molecule has 0 radical (unpaired) electrons. The van der Waals surface area contributed by atoms with Gasteiger partial charge in [-0.1, -0.05) is 44.7 Å². The van der Waals surface area contributed by atoms with E-state index >= 15 is 0 Å². The molecule has 2 N–H and O–H groups in total. The number of rotatable bonds is 7. The third kappa shape index (κ3) is 2.43. The van der Waals surface area contributed by atoms with Gasteiger partial charge in [-0.15, -0.1) is 0 Å². The monoisotopic (exact) mass is 348 g/mol. The number of benzene rings is 1. The summed E-state index contributed by atoms with van der Waals surface area (Å²) in [6.45, 7) is 4.83. The van der Waals surface area contributed by atoms with Crippen LogP contribution in [0.15, 0.2) is 18.2 Å². The first kappa shape index (κ1) is 17.3. The number of amides is 2. The summed E-state index contributed by atoms with van der Waals surface area (Å²) in [6, 6.07) is 5.55. The van der Waals surface area contributed by atoms with E-state index < -0.39 is 10.8 Å². The summed E-state index contributed by atoms with van der Waals surface area (Å²) in [5.41, 5.74) is 0.457. The van der Waals surface area contributed by atoms with Crippen molar-refractivity contribution in [2.45, 2.75) is 57.8 Å². The highest BCUT2D eigenvalue weighted by Crippen LogP contribution is 2.71. The molecule has 1 saturated carbocycles. The second kappa shape index (κ2) is 6.40. The average molecular weight is 349 g/mol. The van der Waals surface area contributed by atoms with Crippen molar-refractivity contribution < 1.29 is 9.59 Å². The van der Waals surface area contributed by atoms with E-state index in [4.69, 9.17) is 11.6 Å². The highest BCUT2D eigenvalue weighted by Gasteiger charge is 2.78. The summed E-state index contributed by atoms with van der Waals surface area (Å²) in [5, 5.41) is 6.56. The highest BCUT2D eigenvalue weighted by molar-refractivity contribution is 6.31. The lowest BCUT2D eigenvalue weighted by Gasteiger charge is -2.32. The van der Waals surface area contributed by atoms with Crippen LogP contribution in [0.4, 0.5) is 5.69 Å². The number of carbonyl (C=O) groups excluding carboxylic acids is 2. The number of hydrogen-bond acceptors (Lipinski definition) is 2. The zero-order valence-corrected chi connectivity index (χ0v) is 15.1. The van der Waals surface area contributed by atoms with E-state index in [9.17, 15) is 9.59 Å². The summed E-state index contributed by atoms with van der Waals surface area (Å²) in [7, 11) is 0. The summed E-state index contributed by atoms with van der Waals surface area (Å²) in [6.07, 6.45) is 5.38. The van der Waals surface area contributed by atoms with Crippen LogP contribution in [0.2, 0.25) is 5.02 Å². The smallest absolute Gasteiger partial charge is 0.241 e. The van der Waals surface area contributed by atoms with Crippen LogP contribution in [-0.2, 0) is 15.0 Å². The van der Waals surface area contributed by atoms with Gasteiger partial charge in [0.2, 0.25) is 11.8 Å². The largest absolute Gasteiger partial charge is 0.355 e. The molecule has 1 aromatic carbocycles. The minimum Gasteiger partial charge on any atom is -0.355 e. The lowest BCUT2D eigenvalue weighted by Crippen LogP contribution is -2.47. The van der Waals surface area contributed by atoms with Gasteiger partial charge in [0.25, 0.3) is 0 Å². The SMILES string of the molecule is CCCCNC(=O)C12CC1(CCCC)c1cc(Cl)ccc1NC2=O. The molecule has 2 unspecified atom stereocenters. The van der Waals surface area contributed by atoms with E-state index in [0.29, 0.717) is 18.0 Å². The number of unbranched alkanes of at least 4 members (excludes halogenated alkanes) is 2. The van der Waals surface area contributed by atoms with Crippen LogP contribution < -0.4 is 10.6 Å². The van der Waals surface area contributed by atoms with Gasteiger partial charge >= 0.3 is 0 Å². The molecule has 0 bridgehead atoms. The molecule has 1 heterocycles. The Morgan fingerprint density at radius 2 is 2.04 bits per heavy atom. The maximum Gasteiger partial charge on any atom is 0.241 e. The molecular formula is C19H25ClN2O2. The Balaban J connectivity index is 1.98. The van der Waals surface area contributed by atoms with Crippen LogP contribution >= 0.6 is 11.6 Å². The van der Waals surface area contributed by atoms with Crippen molar-refractivity contribution in [1.29, 1.82) is 0 Å². The Kier molecular flexibility index (Phi) is 4.60. The first-order valence-electron chi connectivity index (χ1n) is 8.91. The molecule has 24 heavy (non-hydrogen) atoms. The van der Waals surface area contributed by atoms with Crippen molar-refractivity contribution >= 4 is 29.1 Å². The molecule has 0 spiro atoms. The van der Waals surface area contributed by atoms with Crippen LogP contribution in [0.25, 0.3) is 0 Å². The van der Waals surface area contributed by atoms with Crippen molar-refractivity contribution in [3.05, 3.63) is 28.8 Å². The number of nitrogens with one attached hydrogen (secondary N) is 2. The highest BCUT2D eigenvalue weighted by atomic mass is 35.5. The standard InChI is InChI=1S/C19H25ClN2O2/c1-3-5-9-18-12-19(18,16(23)21-10-6-4-2)17(24)22-15-8-7-13(20)11-14(15)18/h7-8,11H,3-6,9-10,12H2,1-2H3,(H,21,23)(H,22,24). The minimum absolute atomic E-state index is 0.129. The van der Waals surface area contributed by atoms with Gasteiger partial charge in [0.05, 0.1) is 0 Å². The van der Waals surface area contributed by atoms with Gasteiger partial charge in [0, 0.05) is 22.7 Å². The van der Waals surface area contributed by atoms with Crippen molar-refractivity contribution in [3.63, 3.8) is 0 Å². The fraction of sp³-hybridized carbons (Fsp3) is 0.579. The second-order valence-corrected chi connectivity index (χ2v) is 7.46. The lowest BCUT2D eigenvalue weighted by atomic mass is 9.77. The van der Waals surface area contributed by atoms with Crippen LogP contribution in [0.5, 0.6) is 0 Å². The first-order chi connectivity index (χ1) is 11.5. The van der Waals surface area contributed by atoms with Gasteiger partial charge in [-0.25, -0.2) is 0 Å². The molecule has 1 aliphatic heterocycles. The fourth-order valence-corrected chi connectivity index (χ4v) is 4.30. The molecule has 4 nitrogen and oxygen atoms in total. The van der Waals surface area contributed by atoms with E-state index in [1.54, 1.807) is 6.07 Å². The number of carbonyl (C=O) groups is 2. The number of anilines is 1. The van der Waals surface area contributed by atoms with Crippen LogP contribution in [0, 0.1) is 5.41 Å². The van der Waals surface area contributed by atoms with Crippen molar-refractivity contribution in [3.8, 4) is 0 Å². The van der Waals surface area contributed by atoms with E-state index in [1.165, 1.54) is 0 Å². The predicted molar refractivity (Wildman–Crippen MR) is 96.3 cm³/mol. The maximum atomic E-state index is 12.9. The zero-order valence-electron chi connectivity index (χ0n) is 14.4. The molecule has 2 amide bonds. The van der Waals surface area contributed by atoms with E-state index in [0.717, 1.165) is 43.4 Å². The van der Waals surface area contributed by atoms with E-state index in [2.05, 4.69) is 24.5 Å². The van der Waals surface area contributed by atoms with Crippen LogP contribution in [-0.4, -0.2) is 18.4 Å². The molecule has 0 saturated heterocycles. The fourth-order valence-electron chi connectivity index (χ4n) is 4.13. The molecule has 130 valence electrons. The van der Waals surface area contributed by atoms with Crippen molar-refractivity contribution in [2.24, 2.45) is 5.41 Å². The number of fused-ring (bicyclic) bond motifs is 3. The summed E-state index contributed by atoms with van der Waals surface area (Å²) in [4.78, 5) is 25.7. The van der Waals surface area contributed by atoms with E-state index in [1.807, 2.05) is 12.1 Å².